The van der Waals surface area contributed by atoms with E-state index in [-0.39, 0.29) is 11.9 Å². The summed E-state index contributed by atoms with van der Waals surface area (Å²) in [5.41, 5.74) is 2.00. The maximum atomic E-state index is 12.7. The molecule has 1 saturated heterocycles. The SMILES string of the molecule is CCOc1ccccc1NC(=O)[C@H](C)[NH+]1CCN(c2ccccc2)CC1. The molecule has 26 heavy (non-hydrogen) atoms. The largest absolute Gasteiger partial charge is 0.492 e. The first-order valence-corrected chi connectivity index (χ1v) is 9.36. The smallest absolute Gasteiger partial charge is 0.282 e. The molecule has 1 heterocycles. The number of hydrogen-bond acceptors (Lipinski definition) is 3. The molecule has 1 amide bonds. The number of nitrogens with zero attached hydrogens (tertiary/aromatic N) is 1. The average Bonchev–Trinajstić information content (AvgIpc) is 2.70. The molecule has 5 heteroatoms. The molecule has 2 aromatic rings. The van der Waals surface area contributed by atoms with E-state index in [0.717, 1.165) is 37.6 Å². The lowest BCUT2D eigenvalue weighted by Crippen LogP contribution is -3.19. The Hall–Kier alpha value is -2.53. The Morgan fingerprint density at radius 2 is 1.77 bits per heavy atom. The van der Waals surface area contributed by atoms with E-state index in [9.17, 15) is 4.79 Å². The summed E-state index contributed by atoms with van der Waals surface area (Å²) in [7, 11) is 0. The predicted molar refractivity (Wildman–Crippen MR) is 105 cm³/mol. The van der Waals surface area contributed by atoms with Gasteiger partial charge in [0.15, 0.2) is 6.04 Å². The Bertz CT molecular complexity index is 712. The molecule has 2 N–H and O–H groups in total. The molecule has 1 aliphatic heterocycles. The minimum atomic E-state index is -0.0948. The highest BCUT2D eigenvalue weighted by molar-refractivity contribution is 5.94. The van der Waals surface area contributed by atoms with Crippen LogP contribution in [0.2, 0.25) is 0 Å². The van der Waals surface area contributed by atoms with Crippen LogP contribution in [0.3, 0.4) is 0 Å². The van der Waals surface area contributed by atoms with E-state index in [1.54, 1.807) is 0 Å². The summed E-state index contributed by atoms with van der Waals surface area (Å²) in [4.78, 5) is 16.4. The van der Waals surface area contributed by atoms with Gasteiger partial charge in [0.2, 0.25) is 0 Å². The van der Waals surface area contributed by atoms with Gasteiger partial charge in [-0.3, -0.25) is 4.79 Å². The number of benzene rings is 2. The molecule has 0 unspecified atom stereocenters. The molecule has 0 spiro atoms. The predicted octanol–water partition coefficient (Wildman–Crippen LogP) is 1.82. The van der Waals surface area contributed by atoms with Crippen molar-refractivity contribution in [2.45, 2.75) is 19.9 Å². The van der Waals surface area contributed by atoms with Gasteiger partial charge in [-0.05, 0) is 38.1 Å². The number of para-hydroxylation sites is 3. The zero-order chi connectivity index (χ0) is 18.4. The van der Waals surface area contributed by atoms with Crippen LogP contribution in [0, 0.1) is 0 Å². The zero-order valence-corrected chi connectivity index (χ0v) is 15.6. The quantitative estimate of drug-likeness (QED) is 0.832. The summed E-state index contributed by atoms with van der Waals surface area (Å²) in [6, 6.07) is 18.0. The highest BCUT2D eigenvalue weighted by atomic mass is 16.5. The highest BCUT2D eigenvalue weighted by Gasteiger charge is 2.29. The normalized spacial score (nSPS) is 16.2. The molecular formula is C21H28N3O2+. The molecule has 3 rings (SSSR count). The van der Waals surface area contributed by atoms with Gasteiger partial charge in [0.05, 0.1) is 38.5 Å². The van der Waals surface area contributed by atoms with Gasteiger partial charge in [0, 0.05) is 5.69 Å². The number of carbonyl (C=O) groups is 1. The fourth-order valence-corrected chi connectivity index (χ4v) is 3.40. The van der Waals surface area contributed by atoms with Crippen molar-refractivity contribution >= 4 is 17.3 Å². The van der Waals surface area contributed by atoms with Crippen LogP contribution in [0.5, 0.6) is 5.75 Å². The number of rotatable bonds is 6. The Labute approximate surface area is 155 Å². The van der Waals surface area contributed by atoms with Gasteiger partial charge < -0.3 is 19.9 Å². The minimum absolute atomic E-state index is 0.0420. The number of hydrogen-bond donors (Lipinski definition) is 2. The van der Waals surface area contributed by atoms with Crippen LogP contribution in [0.15, 0.2) is 54.6 Å². The van der Waals surface area contributed by atoms with Crippen molar-refractivity contribution in [1.29, 1.82) is 0 Å². The second kappa shape index (κ2) is 8.72. The van der Waals surface area contributed by atoms with Crippen molar-refractivity contribution in [3.05, 3.63) is 54.6 Å². The second-order valence-corrected chi connectivity index (χ2v) is 6.62. The van der Waals surface area contributed by atoms with E-state index in [0.29, 0.717) is 6.61 Å². The van der Waals surface area contributed by atoms with E-state index >= 15 is 0 Å². The van der Waals surface area contributed by atoms with E-state index in [1.165, 1.54) is 10.6 Å². The zero-order valence-electron chi connectivity index (χ0n) is 15.6. The van der Waals surface area contributed by atoms with Gasteiger partial charge in [0.25, 0.3) is 5.91 Å². The maximum Gasteiger partial charge on any atom is 0.282 e. The fourth-order valence-electron chi connectivity index (χ4n) is 3.40. The standard InChI is InChI=1S/C21H27N3O2/c1-3-26-20-12-8-7-11-19(20)22-21(25)17(2)23-13-15-24(16-14-23)18-9-5-4-6-10-18/h4-12,17H,3,13-16H2,1-2H3,(H,22,25)/p+1/t17-/m0/s1. The van der Waals surface area contributed by atoms with E-state index in [2.05, 4.69) is 34.5 Å². The summed E-state index contributed by atoms with van der Waals surface area (Å²) < 4.78 is 5.60. The summed E-state index contributed by atoms with van der Waals surface area (Å²) in [5.74, 6) is 0.764. The number of amides is 1. The molecule has 1 fully saturated rings. The number of nitrogens with one attached hydrogen (secondary N) is 2. The molecule has 0 bridgehead atoms. The van der Waals surface area contributed by atoms with Gasteiger partial charge in [-0.15, -0.1) is 0 Å². The van der Waals surface area contributed by atoms with Crippen molar-refractivity contribution in [2.24, 2.45) is 0 Å². The van der Waals surface area contributed by atoms with Crippen molar-refractivity contribution in [3.8, 4) is 5.75 Å². The topological polar surface area (TPSA) is 46.0 Å². The van der Waals surface area contributed by atoms with Gasteiger partial charge in [-0.25, -0.2) is 0 Å². The van der Waals surface area contributed by atoms with E-state index < -0.39 is 0 Å². The number of carbonyl (C=O) groups excluding carboxylic acids is 1. The molecular weight excluding hydrogens is 326 g/mol. The number of piperazine rings is 1. The van der Waals surface area contributed by atoms with E-state index in [1.807, 2.05) is 44.2 Å². The minimum Gasteiger partial charge on any atom is -0.492 e. The Balaban J connectivity index is 1.57. The van der Waals surface area contributed by atoms with Crippen LogP contribution < -0.4 is 19.9 Å². The molecule has 2 aromatic carbocycles. The summed E-state index contributed by atoms with van der Waals surface area (Å²) in [6.07, 6.45) is 0. The lowest BCUT2D eigenvalue weighted by molar-refractivity contribution is -0.914. The Morgan fingerprint density at radius 3 is 2.46 bits per heavy atom. The molecule has 0 aliphatic carbocycles. The van der Waals surface area contributed by atoms with Gasteiger partial charge >= 0.3 is 0 Å². The van der Waals surface area contributed by atoms with Gasteiger partial charge in [-0.1, -0.05) is 30.3 Å². The van der Waals surface area contributed by atoms with Crippen LogP contribution in [0.4, 0.5) is 11.4 Å². The third kappa shape index (κ3) is 4.35. The van der Waals surface area contributed by atoms with Crippen LogP contribution in [-0.4, -0.2) is 44.7 Å². The number of ether oxygens (including phenoxy) is 1. The molecule has 5 nitrogen and oxygen atoms in total. The molecule has 0 aromatic heterocycles. The van der Waals surface area contributed by atoms with Crippen molar-refractivity contribution in [1.82, 2.24) is 0 Å². The summed E-state index contributed by atoms with van der Waals surface area (Å²) in [6.45, 7) is 8.37. The first kappa shape index (κ1) is 18.3. The number of anilines is 2. The van der Waals surface area contributed by atoms with Gasteiger partial charge in [-0.2, -0.15) is 0 Å². The lowest BCUT2D eigenvalue weighted by Gasteiger charge is -2.36. The van der Waals surface area contributed by atoms with Crippen LogP contribution in [0.25, 0.3) is 0 Å². The van der Waals surface area contributed by atoms with E-state index in [4.69, 9.17) is 4.74 Å². The second-order valence-electron chi connectivity index (χ2n) is 6.62. The van der Waals surface area contributed by atoms with Gasteiger partial charge in [0.1, 0.15) is 5.75 Å². The third-order valence-electron chi connectivity index (χ3n) is 4.98. The first-order chi connectivity index (χ1) is 12.7. The van der Waals surface area contributed by atoms with Crippen LogP contribution >= 0.6 is 0 Å². The molecule has 0 radical (unpaired) electrons. The highest BCUT2D eigenvalue weighted by Crippen LogP contribution is 2.23. The molecule has 1 atom stereocenters. The van der Waals surface area contributed by atoms with Crippen LogP contribution in [-0.2, 0) is 4.79 Å². The molecule has 1 aliphatic rings. The third-order valence-corrected chi connectivity index (χ3v) is 4.98. The van der Waals surface area contributed by atoms with Crippen molar-refractivity contribution in [2.75, 3.05) is 43.0 Å². The Morgan fingerprint density at radius 1 is 1.12 bits per heavy atom. The summed E-state index contributed by atoms with van der Waals surface area (Å²) >= 11 is 0. The van der Waals surface area contributed by atoms with Crippen molar-refractivity contribution < 1.29 is 14.4 Å². The Kier molecular flexibility index (Phi) is 6.12. The van der Waals surface area contributed by atoms with Crippen molar-refractivity contribution in [3.63, 3.8) is 0 Å². The summed E-state index contributed by atoms with van der Waals surface area (Å²) in [5, 5.41) is 3.04. The van der Waals surface area contributed by atoms with Crippen LogP contribution in [0.1, 0.15) is 13.8 Å². The molecule has 138 valence electrons. The molecule has 0 saturated carbocycles. The number of quaternary nitrogens is 1. The first-order valence-electron chi connectivity index (χ1n) is 9.36. The maximum absolute atomic E-state index is 12.7. The fraction of sp³-hybridized carbons (Fsp3) is 0.381. The monoisotopic (exact) mass is 354 g/mol. The average molecular weight is 354 g/mol. The lowest BCUT2D eigenvalue weighted by atomic mass is 10.2.